The molecule has 0 aliphatic carbocycles. The van der Waals surface area contributed by atoms with Crippen molar-refractivity contribution in [3.05, 3.63) is 83.7 Å². The third-order valence-corrected chi connectivity index (χ3v) is 8.55. The maximum Gasteiger partial charge on any atom is 0.433 e. The van der Waals surface area contributed by atoms with E-state index in [2.05, 4.69) is 25.8 Å². The van der Waals surface area contributed by atoms with E-state index in [0.717, 1.165) is 30.5 Å². The molecule has 1 unspecified atom stereocenters. The van der Waals surface area contributed by atoms with E-state index >= 15 is 0 Å². The summed E-state index contributed by atoms with van der Waals surface area (Å²) < 4.78 is 64.7. The third-order valence-electron chi connectivity index (χ3n) is 8.55. The van der Waals surface area contributed by atoms with Gasteiger partial charge in [-0.3, -0.25) is 19.1 Å². The van der Waals surface area contributed by atoms with Crippen molar-refractivity contribution in [3.8, 4) is 11.6 Å². The first-order valence-electron chi connectivity index (χ1n) is 15.6. The summed E-state index contributed by atoms with van der Waals surface area (Å²) in [5, 5.41) is 8.78. The standard InChI is InChI=1S/C34H35F4N7O3/c1-21-23-8-7-9-25(31(23)33(47)44(21)17-13-35)41-26-19-29(45(32(26)34(36,37)38)28-10-3-4-14-39-28)42-24-12-11-22(18-27(24)48-2)40-30(46)20-43-15-5-6-16-43/h3-4,7-12,14,18-19,21,41-42H,5-6,13,15-17,20H2,1-2H3,(H,40,46). The van der Waals surface area contributed by atoms with Crippen molar-refractivity contribution < 1.29 is 31.9 Å². The highest BCUT2D eigenvalue weighted by atomic mass is 19.4. The molecule has 2 amide bonds. The lowest BCUT2D eigenvalue weighted by atomic mass is 10.0. The molecule has 2 aliphatic heterocycles. The fourth-order valence-corrected chi connectivity index (χ4v) is 6.34. The summed E-state index contributed by atoms with van der Waals surface area (Å²) >= 11 is 0. The number of ether oxygens (including phenoxy) is 1. The van der Waals surface area contributed by atoms with Crippen LogP contribution in [0.3, 0.4) is 0 Å². The first kappa shape index (κ1) is 32.8. The Balaban J connectivity index is 1.38. The van der Waals surface area contributed by atoms with Crippen LogP contribution in [0.4, 0.5) is 46.1 Å². The summed E-state index contributed by atoms with van der Waals surface area (Å²) in [6.07, 6.45) is -1.38. The molecule has 14 heteroatoms. The number of nitrogens with one attached hydrogen (secondary N) is 3. The Morgan fingerprint density at radius 3 is 2.48 bits per heavy atom. The molecule has 4 aromatic rings. The number of anilines is 5. The van der Waals surface area contributed by atoms with Crippen LogP contribution in [-0.4, -0.2) is 71.1 Å². The molecule has 10 nitrogen and oxygen atoms in total. The zero-order valence-electron chi connectivity index (χ0n) is 26.4. The van der Waals surface area contributed by atoms with Gasteiger partial charge in [0.2, 0.25) is 5.91 Å². The van der Waals surface area contributed by atoms with Gasteiger partial charge < -0.3 is 25.6 Å². The van der Waals surface area contributed by atoms with Gasteiger partial charge in [0.15, 0.2) is 5.69 Å². The lowest BCUT2D eigenvalue weighted by molar-refractivity contribution is -0.141. The summed E-state index contributed by atoms with van der Waals surface area (Å²) in [5.41, 5.74) is 0.341. The van der Waals surface area contributed by atoms with Gasteiger partial charge in [0.05, 0.1) is 42.3 Å². The second-order valence-electron chi connectivity index (χ2n) is 11.6. The monoisotopic (exact) mass is 665 g/mol. The normalized spacial score (nSPS) is 16.2. The molecule has 2 aromatic heterocycles. The summed E-state index contributed by atoms with van der Waals surface area (Å²) in [7, 11) is 1.42. The number of nitrogens with zero attached hydrogens (tertiary/aromatic N) is 4. The largest absolute Gasteiger partial charge is 0.494 e. The Labute approximate surface area is 274 Å². The highest BCUT2D eigenvalue weighted by Crippen LogP contribution is 2.45. The highest BCUT2D eigenvalue weighted by molar-refractivity contribution is 6.05. The van der Waals surface area contributed by atoms with Crippen molar-refractivity contribution in [3.63, 3.8) is 0 Å². The van der Waals surface area contributed by atoms with E-state index in [4.69, 9.17) is 4.74 Å². The molecular weight excluding hydrogens is 630 g/mol. The molecule has 0 spiro atoms. The van der Waals surface area contributed by atoms with E-state index in [0.29, 0.717) is 16.9 Å². The van der Waals surface area contributed by atoms with Crippen LogP contribution in [-0.2, 0) is 11.0 Å². The van der Waals surface area contributed by atoms with E-state index in [9.17, 15) is 27.2 Å². The number of aromatic nitrogens is 2. The first-order chi connectivity index (χ1) is 23.1. The number of likely N-dealkylation sites (tertiary alicyclic amines) is 1. The third kappa shape index (κ3) is 6.52. The quantitative estimate of drug-likeness (QED) is 0.150. The van der Waals surface area contributed by atoms with E-state index in [1.54, 1.807) is 49.4 Å². The second-order valence-corrected chi connectivity index (χ2v) is 11.6. The lowest BCUT2D eigenvalue weighted by Crippen LogP contribution is -2.30. The minimum Gasteiger partial charge on any atom is -0.494 e. The van der Waals surface area contributed by atoms with Gasteiger partial charge in [-0.25, -0.2) is 9.37 Å². The molecule has 4 heterocycles. The van der Waals surface area contributed by atoms with Crippen molar-refractivity contribution in [2.75, 3.05) is 55.9 Å². The smallest absolute Gasteiger partial charge is 0.433 e. The number of amides is 2. The Kier molecular flexibility index (Phi) is 9.27. The van der Waals surface area contributed by atoms with Crippen LogP contribution in [0.2, 0.25) is 0 Å². The van der Waals surface area contributed by atoms with Crippen molar-refractivity contribution in [2.24, 2.45) is 0 Å². The van der Waals surface area contributed by atoms with Crippen LogP contribution >= 0.6 is 0 Å². The molecule has 252 valence electrons. The average Bonchev–Trinajstić information content (AvgIpc) is 3.77. The number of carbonyl (C=O) groups is 2. The number of halogens is 4. The molecule has 0 saturated carbocycles. The number of carbonyl (C=O) groups excluding carboxylic acids is 2. The van der Waals surface area contributed by atoms with Gasteiger partial charge in [-0.2, -0.15) is 13.2 Å². The highest BCUT2D eigenvalue weighted by Gasteiger charge is 2.41. The molecule has 2 aromatic carbocycles. The van der Waals surface area contributed by atoms with Crippen LogP contribution in [0.1, 0.15) is 47.4 Å². The molecule has 2 aliphatic rings. The van der Waals surface area contributed by atoms with Gasteiger partial charge in [-0.15, -0.1) is 0 Å². The van der Waals surface area contributed by atoms with Gasteiger partial charge in [0.1, 0.15) is 24.1 Å². The van der Waals surface area contributed by atoms with E-state index in [1.807, 2.05) is 0 Å². The Hall–Kier alpha value is -5.11. The van der Waals surface area contributed by atoms with Crippen molar-refractivity contribution >= 4 is 40.4 Å². The SMILES string of the molecule is COc1cc(NC(=O)CN2CCCC2)ccc1Nc1cc(Nc2cccc3c2C(=O)N(CCF)C3C)c(C(F)(F)F)n1-c1ccccn1. The van der Waals surface area contributed by atoms with Crippen LogP contribution in [0, 0.1) is 0 Å². The van der Waals surface area contributed by atoms with Crippen LogP contribution in [0.15, 0.2) is 66.9 Å². The number of fused-ring (bicyclic) bond motifs is 1. The number of hydrogen-bond donors (Lipinski definition) is 3. The zero-order chi connectivity index (χ0) is 34.0. The minimum atomic E-state index is -4.87. The Morgan fingerprint density at radius 1 is 1.00 bits per heavy atom. The fourth-order valence-electron chi connectivity index (χ4n) is 6.34. The van der Waals surface area contributed by atoms with Crippen LogP contribution in [0.5, 0.6) is 5.75 Å². The number of methoxy groups -OCH3 is 1. The molecule has 1 fully saturated rings. The van der Waals surface area contributed by atoms with Gasteiger partial charge >= 0.3 is 6.18 Å². The van der Waals surface area contributed by atoms with E-state index in [-0.39, 0.29) is 53.3 Å². The van der Waals surface area contributed by atoms with E-state index in [1.165, 1.54) is 36.4 Å². The van der Waals surface area contributed by atoms with Gasteiger partial charge in [0.25, 0.3) is 5.91 Å². The number of pyridine rings is 1. The predicted octanol–water partition coefficient (Wildman–Crippen LogP) is 6.91. The first-order valence-corrected chi connectivity index (χ1v) is 15.6. The molecule has 1 saturated heterocycles. The maximum atomic E-state index is 15.0. The Bertz CT molecular complexity index is 1810. The molecule has 6 rings (SSSR count). The number of hydrogen-bond acceptors (Lipinski definition) is 7. The Morgan fingerprint density at radius 2 is 1.79 bits per heavy atom. The molecule has 0 bridgehead atoms. The maximum absolute atomic E-state index is 15.0. The summed E-state index contributed by atoms with van der Waals surface area (Å²) in [6.45, 7) is 2.87. The van der Waals surface area contributed by atoms with Crippen LogP contribution in [0.25, 0.3) is 5.82 Å². The summed E-state index contributed by atoms with van der Waals surface area (Å²) in [4.78, 5) is 33.5. The van der Waals surface area contributed by atoms with Gasteiger partial charge in [-0.1, -0.05) is 18.2 Å². The summed E-state index contributed by atoms with van der Waals surface area (Å²) in [6, 6.07) is 15.1. The topological polar surface area (TPSA) is 104 Å². The number of benzene rings is 2. The predicted molar refractivity (Wildman–Crippen MR) is 174 cm³/mol. The molecule has 1 atom stereocenters. The molecular formula is C34H35F4N7O3. The number of alkyl halides is 4. The molecule has 3 N–H and O–H groups in total. The molecule has 48 heavy (non-hydrogen) atoms. The second kappa shape index (κ2) is 13.6. The minimum absolute atomic E-state index is 0.000953. The van der Waals surface area contributed by atoms with Crippen molar-refractivity contribution in [1.29, 1.82) is 0 Å². The fraction of sp³-hybridized carbons (Fsp3) is 0.324. The lowest BCUT2D eigenvalue weighted by Gasteiger charge is -2.20. The molecule has 0 radical (unpaired) electrons. The van der Waals surface area contributed by atoms with E-state index < -0.39 is 30.5 Å². The van der Waals surface area contributed by atoms with Gasteiger partial charge in [0, 0.05) is 30.6 Å². The summed E-state index contributed by atoms with van der Waals surface area (Å²) in [5.74, 6) is -0.380. The number of rotatable bonds is 11. The zero-order valence-corrected chi connectivity index (χ0v) is 26.4. The average molecular weight is 666 g/mol. The van der Waals surface area contributed by atoms with Gasteiger partial charge in [-0.05, 0) is 68.8 Å². The van der Waals surface area contributed by atoms with Crippen molar-refractivity contribution in [2.45, 2.75) is 32.0 Å². The van der Waals surface area contributed by atoms with Crippen molar-refractivity contribution in [1.82, 2.24) is 19.4 Å². The van der Waals surface area contributed by atoms with Crippen LogP contribution < -0.4 is 20.7 Å².